The number of H-pyrrole nitrogens is 2. The maximum Gasteiger partial charge on any atom is 0.357 e. The van der Waals surface area contributed by atoms with Crippen molar-refractivity contribution >= 4 is 39.4 Å². The van der Waals surface area contributed by atoms with Gasteiger partial charge < -0.3 is 20.1 Å². The number of rotatable bonds is 5. The van der Waals surface area contributed by atoms with Gasteiger partial charge in [0.1, 0.15) is 11.9 Å². The van der Waals surface area contributed by atoms with Crippen molar-refractivity contribution in [2.45, 2.75) is 12.6 Å². The van der Waals surface area contributed by atoms with Crippen LogP contribution in [0.5, 0.6) is 0 Å². The van der Waals surface area contributed by atoms with Gasteiger partial charge in [0.15, 0.2) is 5.69 Å². The minimum atomic E-state index is -1.16. The number of para-hydroxylation sites is 1. The molecule has 1 amide bonds. The highest BCUT2D eigenvalue weighted by Gasteiger charge is 2.27. The highest BCUT2D eigenvalue weighted by molar-refractivity contribution is 6.03. The molecule has 168 valence electrons. The van der Waals surface area contributed by atoms with Gasteiger partial charge in [-0.2, -0.15) is 5.10 Å². The lowest BCUT2D eigenvalue weighted by Crippen LogP contribution is -2.47. The number of carbonyl (C=O) groups excluding carboxylic acids is 1. The van der Waals surface area contributed by atoms with Crippen LogP contribution >= 0.6 is 0 Å². The van der Waals surface area contributed by atoms with Crippen molar-refractivity contribution in [2.75, 3.05) is 25.0 Å². The van der Waals surface area contributed by atoms with Gasteiger partial charge in [0.05, 0.1) is 29.6 Å². The molecule has 33 heavy (non-hydrogen) atoms. The second-order valence-corrected chi connectivity index (χ2v) is 7.75. The molecule has 1 unspecified atom stereocenters. The van der Waals surface area contributed by atoms with Gasteiger partial charge in [-0.15, -0.1) is 0 Å². The molecule has 1 aliphatic rings. The number of nitrogens with zero attached hydrogens (tertiary/aromatic N) is 3. The summed E-state index contributed by atoms with van der Waals surface area (Å²) >= 11 is 0. The summed E-state index contributed by atoms with van der Waals surface area (Å²) in [6.45, 7) is 1.62. The maximum absolute atomic E-state index is 12.8. The number of hydrogen-bond acceptors (Lipinski definition) is 7. The topological polar surface area (TPSA) is 153 Å². The molecule has 11 nitrogen and oxygen atoms in total. The van der Waals surface area contributed by atoms with Crippen LogP contribution in [0.2, 0.25) is 0 Å². The average Bonchev–Trinajstić information content (AvgIpc) is 3.23. The van der Waals surface area contributed by atoms with E-state index in [9.17, 15) is 19.5 Å². The van der Waals surface area contributed by atoms with Gasteiger partial charge in [-0.1, -0.05) is 12.1 Å². The third-order valence-corrected chi connectivity index (χ3v) is 5.51. The summed E-state index contributed by atoms with van der Waals surface area (Å²) in [4.78, 5) is 45.7. The van der Waals surface area contributed by atoms with E-state index in [-0.39, 0.29) is 17.2 Å². The molecule has 1 fully saturated rings. The molecular weight excluding hydrogens is 428 g/mol. The first-order chi connectivity index (χ1) is 16.0. The Bertz CT molecular complexity index is 1430. The third kappa shape index (κ3) is 4.19. The lowest BCUT2D eigenvalue weighted by Gasteiger charge is -2.31. The number of aromatic amines is 2. The first-order valence-electron chi connectivity index (χ1n) is 10.3. The van der Waals surface area contributed by atoms with E-state index in [1.165, 1.54) is 0 Å². The van der Waals surface area contributed by atoms with Gasteiger partial charge in [-0.05, 0) is 30.3 Å². The summed E-state index contributed by atoms with van der Waals surface area (Å²) in [6, 6.07) is 12.0. The molecule has 11 heteroatoms. The average molecular weight is 448 g/mol. The minimum Gasteiger partial charge on any atom is -0.476 e. The van der Waals surface area contributed by atoms with E-state index in [0.717, 1.165) is 0 Å². The highest BCUT2D eigenvalue weighted by atomic mass is 16.5. The smallest absolute Gasteiger partial charge is 0.357 e. The lowest BCUT2D eigenvalue weighted by molar-refractivity contribution is -0.133. The zero-order chi connectivity index (χ0) is 22.9. The number of amides is 1. The third-order valence-electron chi connectivity index (χ3n) is 5.51. The van der Waals surface area contributed by atoms with Crippen molar-refractivity contribution in [1.29, 1.82) is 0 Å². The molecule has 0 bridgehead atoms. The van der Waals surface area contributed by atoms with E-state index in [2.05, 4.69) is 25.5 Å². The monoisotopic (exact) mass is 448 g/mol. The molecule has 1 saturated heterocycles. The fraction of sp³-hybridized carbons (Fsp3) is 0.227. The Morgan fingerprint density at radius 1 is 1.21 bits per heavy atom. The number of anilines is 1. The van der Waals surface area contributed by atoms with Crippen LogP contribution in [0.3, 0.4) is 0 Å². The van der Waals surface area contributed by atoms with Crippen LogP contribution in [0.25, 0.3) is 21.8 Å². The Morgan fingerprint density at radius 2 is 2.06 bits per heavy atom. The zero-order valence-corrected chi connectivity index (χ0v) is 17.4. The molecule has 1 aliphatic heterocycles. The quantitative estimate of drug-likeness (QED) is 0.357. The Hall–Kier alpha value is -4.09. The van der Waals surface area contributed by atoms with Crippen molar-refractivity contribution in [3.05, 3.63) is 64.3 Å². The number of fused-ring (bicyclic) bond motifs is 2. The molecule has 5 rings (SSSR count). The standard InChI is InChI=1S/C22H20N6O5/c29-20-13-3-1-2-4-15(13)24-18(25-20)11-28-7-8-33-17(10-28)21(30)23-12-5-6-16-14(9-12)19(22(31)32)27-26-16/h1-6,9,17H,7-8,10-11H2,(H,23,30)(H,26,27)(H,31,32)(H,24,25,29). The second-order valence-electron chi connectivity index (χ2n) is 7.75. The van der Waals surface area contributed by atoms with Crippen molar-refractivity contribution in [3.8, 4) is 0 Å². The molecule has 2 aromatic heterocycles. The second kappa shape index (κ2) is 8.45. The van der Waals surface area contributed by atoms with Gasteiger partial charge in [-0.25, -0.2) is 9.78 Å². The Balaban J connectivity index is 1.28. The summed E-state index contributed by atoms with van der Waals surface area (Å²) < 4.78 is 5.65. The van der Waals surface area contributed by atoms with Crippen molar-refractivity contribution in [2.24, 2.45) is 0 Å². The number of benzene rings is 2. The fourth-order valence-electron chi connectivity index (χ4n) is 3.90. The van der Waals surface area contributed by atoms with Crippen LogP contribution in [-0.4, -0.2) is 67.8 Å². The summed E-state index contributed by atoms with van der Waals surface area (Å²) in [5.41, 5.74) is 1.31. The number of carboxylic acid groups (broad SMARTS) is 1. The van der Waals surface area contributed by atoms with Gasteiger partial charge in [0, 0.05) is 24.2 Å². The minimum absolute atomic E-state index is 0.113. The molecule has 2 aromatic carbocycles. The molecule has 3 heterocycles. The first-order valence-corrected chi connectivity index (χ1v) is 10.3. The van der Waals surface area contributed by atoms with E-state index < -0.39 is 12.1 Å². The Morgan fingerprint density at radius 3 is 2.91 bits per heavy atom. The highest BCUT2D eigenvalue weighted by Crippen LogP contribution is 2.21. The number of aromatic carboxylic acids is 1. The van der Waals surface area contributed by atoms with E-state index >= 15 is 0 Å². The predicted molar refractivity (Wildman–Crippen MR) is 119 cm³/mol. The predicted octanol–water partition coefficient (Wildman–Crippen LogP) is 1.34. The molecule has 0 aliphatic carbocycles. The summed E-state index contributed by atoms with van der Waals surface area (Å²) in [6.07, 6.45) is -0.732. The summed E-state index contributed by atoms with van der Waals surface area (Å²) in [7, 11) is 0. The lowest BCUT2D eigenvalue weighted by atomic mass is 10.1. The number of aromatic nitrogens is 4. The van der Waals surface area contributed by atoms with Crippen LogP contribution in [0.15, 0.2) is 47.3 Å². The number of ether oxygens (including phenoxy) is 1. The van der Waals surface area contributed by atoms with Gasteiger partial charge in [0.2, 0.25) is 0 Å². The number of morpholine rings is 1. The van der Waals surface area contributed by atoms with Crippen LogP contribution in [0.4, 0.5) is 5.69 Å². The van der Waals surface area contributed by atoms with Crippen molar-refractivity contribution < 1.29 is 19.4 Å². The van der Waals surface area contributed by atoms with E-state index in [4.69, 9.17) is 4.74 Å². The number of nitrogens with one attached hydrogen (secondary N) is 3. The molecular formula is C22H20N6O5. The van der Waals surface area contributed by atoms with E-state index in [1.807, 2.05) is 11.0 Å². The van der Waals surface area contributed by atoms with Crippen LogP contribution in [0, 0.1) is 0 Å². The SMILES string of the molecule is O=C(O)c1n[nH]c2ccc(NC(=O)C3CN(Cc4nc5ccccc5c(=O)[nH]4)CCO3)cc12. The zero-order valence-electron chi connectivity index (χ0n) is 17.4. The number of carboxylic acids is 1. The summed E-state index contributed by atoms with van der Waals surface area (Å²) in [5.74, 6) is -0.984. The molecule has 0 saturated carbocycles. The molecule has 4 aromatic rings. The van der Waals surface area contributed by atoms with Crippen molar-refractivity contribution in [1.82, 2.24) is 25.1 Å². The first kappa shape index (κ1) is 20.8. The largest absolute Gasteiger partial charge is 0.476 e. The van der Waals surface area contributed by atoms with Crippen LogP contribution in [-0.2, 0) is 16.1 Å². The molecule has 1 atom stereocenters. The van der Waals surface area contributed by atoms with Gasteiger partial charge in [-0.3, -0.25) is 19.6 Å². The normalized spacial score (nSPS) is 16.8. The summed E-state index contributed by atoms with van der Waals surface area (Å²) in [5, 5.41) is 19.4. The van der Waals surface area contributed by atoms with E-state index in [1.54, 1.807) is 36.4 Å². The van der Waals surface area contributed by atoms with Crippen LogP contribution < -0.4 is 10.9 Å². The molecule has 0 spiro atoms. The van der Waals surface area contributed by atoms with E-state index in [0.29, 0.717) is 59.6 Å². The fourth-order valence-corrected chi connectivity index (χ4v) is 3.90. The number of hydrogen-bond donors (Lipinski definition) is 4. The molecule has 0 radical (unpaired) electrons. The van der Waals surface area contributed by atoms with Gasteiger partial charge >= 0.3 is 5.97 Å². The number of carbonyl (C=O) groups is 2. The Kier molecular flexibility index (Phi) is 5.32. The van der Waals surface area contributed by atoms with Crippen LogP contribution in [0.1, 0.15) is 16.3 Å². The molecule has 4 N–H and O–H groups in total. The Labute approximate surface area is 186 Å². The van der Waals surface area contributed by atoms with Crippen molar-refractivity contribution in [3.63, 3.8) is 0 Å². The maximum atomic E-state index is 12.8. The van der Waals surface area contributed by atoms with Gasteiger partial charge in [0.25, 0.3) is 11.5 Å².